The third-order valence-electron chi connectivity index (χ3n) is 9.95. The zero-order valence-corrected chi connectivity index (χ0v) is 28.9. The number of fused-ring (bicyclic) bond motifs is 1. The Labute approximate surface area is 290 Å². The summed E-state index contributed by atoms with van der Waals surface area (Å²) in [4.78, 5) is 31.1. The van der Waals surface area contributed by atoms with Crippen LogP contribution in [0.4, 0.5) is 0 Å². The zero-order chi connectivity index (χ0) is 33.5. The molecule has 0 saturated carbocycles. The molecule has 0 spiro atoms. The van der Waals surface area contributed by atoms with Crippen molar-refractivity contribution < 1.29 is 19.4 Å². The summed E-state index contributed by atoms with van der Waals surface area (Å²) in [7, 11) is 3.24. The molecule has 1 unspecified atom stereocenters. The quantitative estimate of drug-likeness (QED) is 0.207. The van der Waals surface area contributed by atoms with E-state index in [0.29, 0.717) is 58.4 Å². The van der Waals surface area contributed by atoms with Crippen LogP contribution in [0.5, 0.6) is 11.8 Å². The molecule has 11 heteroatoms. The molecular formula is C37H39Cl2N5O4. The third kappa shape index (κ3) is 6.18. The Morgan fingerprint density at radius 1 is 0.917 bits per heavy atom. The van der Waals surface area contributed by atoms with E-state index < -0.39 is 0 Å². The van der Waals surface area contributed by atoms with Gasteiger partial charge >= 0.3 is 0 Å². The number of aromatic nitrogens is 3. The van der Waals surface area contributed by atoms with E-state index in [1.165, 1.54) is 5.56 Å². The number of benzene rings is 2. The number of aryl methyl sites for hydroxylation is 1. The fraction of sp³-hybridized carbons (Fsp3) is 0.405. The van der Waals surface area contributed by atoms with Crippen molar-refractivity contribution in [3.05, 3.63) is 75.5 Å². The molecule has 2 saturated heterocycles. The molecule has 2 aromatic heterocycles. The molecule has 0 bridgehead atoms. The van der Waals surface area contributed by atoms with Crippen molar-refractivity contribution in [2.45, 2.75) is 51.3 Å². The summed E-state index contributed by atoms with van der Waals surface area (Å²) in [6.07, 6.45) is 5.26. The van der Waals surface area contributed by atoms with Gasteiger partial charge in [0.25, 0.3) is 0 Å². The van der Waals surface area contributed by atoms with Gasteiger partial charge in [0.15, 0.2) is 0 Å². The van der Waals surface area contributed by atoms with Gasteiger partial charge in [-0.25, -0.2) is 9.97 Å². The summed E-state index contributed by atoms with van der Waals surface area (Å²) in [5.74, 6) is 1.39. The zero-order valence-electron chi connectivity index (χ0n) is 27.4. The SMILES string of the molecule is COc1nc(-c2cccc(-c3cccc(-c4cc5c(c(OC)n4)C(N4CCC[C@@H](C(C)=O)C4)CC5)c3Cl)c2Cl)cnc1CN1CC(O)C1. The van der Waals surface area contributed by atoms with Crippen molar-refractivity contribution in [1.29, 1.82) is 0 Å². The molecule has 2 fully saturated rings. The largest absolute Gasteiger partial charge is 0.481 e. The lowest BCUT2D eigenvalue weighted by atomic mass is 9.92. The first-order chi connectivity index (χ1) is 23.2. The number of aliphatic hydroxyl groups is 1. The smallest absolute Gasteiger partial charge is 0.237 e. The predicted octanol–water partition coefficient (Wildman–Crippen LogP) is 6.66. The highest BCUT2D eigenvalue weighted by Crippen LogP contribution is 2.46. The van der Waals surface area contributed by atoms with Crippen molar-refractivity contribution in [3.63, 3.8) is 0 Å². The maximum Gasteiger partial charge on any atom is 0.237 e. The number of ketones is 1. The van der Waals surface area contributed by atoms with E-state index in [1.54, 1.807) is 27.3 Å². The molecule has 48 heavy (non-hydrogen) atoms. The molecule has 2 aromatic carbocycles. The first-order valence-electron chi connectivity index (χ1n) is 16.5. The molecule has 4 aromatic rings. The number of halogens is 2. The molecule has 1 N–H and O–H groups in total. The number of Topliss-reactive ketones (excluding diaryl/α,β-unsaturated/α-hetero) is 1. The number of carbonyl (C=O) groups excluding carboxylic acids is 1. The molecule has 0 amide bonds. The van der Waals surface area contributed by atoms with E-state index in [4.69, 9.17) is 42.6 Å². The molecule has 2 aliphatic heterocycles. The number of ether oxygens (including phenoxy) is 2. The number of nitrogens with zero attached hydrogens (tertiary/aromatic N) is 5. The van der Waals surface area contributed by atoms with Crippen molar-refractivity contribution >= 4 is 29.0 Å². The molecule has 0 radical (unpaired) electrons. The van der Waals surface area contributed by atoms with Crippen LogP contribution in [0, 0.1) is 5.92 Å². The van der Waals surface area contributed by atoms with E-state index in [9.17, 15) is 9.90 Å². The minimum absolute atomic E-state index is 0.0901. The first kappa shape index (κ1) is 32.9. The second-order valence-electron chi connectivity index (χ2n) is 13.0. The number of β-amino-alcohol motifs (C(OH)–C–C–N with tert-alkyl or cyclic N) is 1. The monoisotopic (exact) mass is 687 g/mol. The van der Waals surface area contributed by atoms with Gasteiger partial charge in [-0.3, -0.25) is 19.6 Å². The van der Waals surface area contributed by atoms with Crippen LogP contribution in [0.2, 0.25) is 10.0 Å². The Hall–Kier alpha value is -3.60. The molecule has 7 rings (SSSR count). The van der Waals surface area contributed by atoms with Gasteiger partial charge in [0.1, 0.15) is 11.5 Å². The molecular weight excluding hydrogens is 649 g/mol. The first-order valence-corrected chi connectivity index (χ1v) is 17.2. The number of hydrogen-bond donors (Lipinski definition) is 1. The molecule has 2 atom stereocenters. The van der Waals surface area contributed by atoms with E-state index in [0.717, 1.165) is 66.7 Å². The molecule has 4 heterocycles. The van der Waals surface area contributed by atoms with E-state index >= 15 is 0 Å². The van der Waals surface area contributed by atoms with Crippen LogP contribution in [0.15, 0.2) is 48.7 Å². The summed E-state index contributed by atoms with van der Waals surface area (Å²) < 4.78 is 11.5. The molecule has 1 aliphatic carbocycles. The Morgan fingerprint density at radius 2 is 1.56 bits per heavy atom. The number of pyridine rings is 1. The Balaban J connectivity index is 1.20. The molecule has 3 aliphatic rings. The number of methoxy groups -OCH3 is 2. The lowest BCUT2D eigenvalue weighted by Crippen LogP contribution is -2.50. The number of rotatable bonds is 9. The lowest BCUT2D eigenvalue weighted by molar-refractivity contribution is -0.122. The van der Waals surface area contributed by atoms with E-state index in [-0.39, 0.29) is 23.8 Å². The van der Waals surface area contributed by atoms with Gasteiger partial charge < -0.3 is 14.6 Å². The van der Waals surface area contributed by atoms with Crippen LogP contribution in [-0.4, -0.2) is 82.1 Å². The Kier molecular flexibility index (Phi) is 9.41. The van der Waals surface area contributed by atoms with Gasteiger partial charge in [0.05, 0.1) is 48.0 Å². The number of aliphatic hydroxyl groups excluding tert-OH is 1. The van der Waals surface area contributed by atoms with Gasteiger partial charge in [-0.1, -0.05) is 59.6 Å². The van der Waals surface area contributed by atoms with Crippen LogP contribution < -0.4 is 9.47 Å². The topological polar surface area (TPSA) is 101 Å². The Morgan fingerprint density at radius 3 is 2.21 bits per heavy atom. The summed E-state index contributed by atoms with van der Waals surface area (Å²) >= 11 is 14.3. The number of hydrogen-bond acceptors (Lipinski definition) is 9. The number of piperidine rings is 1. The predicted molar refractivity (Wildman–Crippen MR) is 187 cm³/mol. The van der Waals surface area contributed by atoms with Gasteiger partial charge in [0, 0.05) is 66.0 Å². The van der Waals surface area contributed by atoms with Gasteiger partial charge in [-0.05, 0) is 50.8 Å². The summed E-state index contributed by atoms with van der Waals surface area (Å²) in [6.45, 7) is 5.22. The van der Waals surface area contributed by atoms with Crippen LogP contribution in [0.1, 0.15) is 49.0 Å². The highest BCUT2D eigenvalue weighted by atomic mass is 35.5. The number of likely N-dealkylation sites (tertiary alicyclic amines) is 2. The fourth-order valence-corrected chi connectivity index (χ4v) is 8.07. The second-order valence-corrected chi connectivity index (χ2v) is 13.7. The second kappa shape index (κ2) is 13.7. The average Bonchev–Trinajstić information content (AvgIpc) is 3.52. The fourth-order valence-electron chi connectivity index (χ4n) is 7.42. The normalized spacial score (nSPS) is 20.0. The minimum atomic E-state index is -0.296. The Bertz CT molecular complexity index is 1860. The third-order valence-corrected chi connectivity index (χ3v) is 10.8. The summed E-state index contributed by atoms with van der Waals surface area (Å²) in [6, 6.07) is 14.0. The molecule has 9 nitrogen and oxygen atoms in total. The maximum absolute atomic E-state index is 12.2. The van der Waals surface area contributed by atoms with Crippen molar-refractivity contribution in [2.75, 3.05) is 40.4 Å². The summed E-state index contributed by atoms with van der Waals surface area (Å²) in [5, 5.41) is 10.7. The minimum Gasteiger partial charge on any atom is -0.481 e. The lowest BCUT2D eigenvalue weighted by Gasteiger charge is -2.36. The van der Waals surface area contributed by atoms with Crippen LogP contribution in [0.3, 0.4) is 0 Å². The van der Waals surface area contributed by atoms with Crippen LogP contribution in [0.25, 0.3) is 33.6 Å². The van der Waals surface area contributed by atoms with Gasteiger partial charge in [-0.15, -0.1) is 0 Å². The highest BCUT2D eigenvalue weighted by molar-refractivity contribution is 6.39. The van der Waals surface area contributed by atoms with Crippen LogP contribution >= 0.6 is 23.2 Å². The maximum atomic E-state index is 12.2. The van der Waals surface area contributed by atoms with Gasteiger partial charge in [0.2, 0.25) is 11.8 Å². The van der Waals surface area contributed by atoms with E-state index in [2.05, 4.69) is 20.9 Å². The summed E-state index contributed by atoms with van der Waals surface area (Å²) in [5.41, 5.74) is 7.39. The van der Waals surface area contributed by atoms with Crippen molar-refractivity contribution in [3.8, 4) is 45.4 Å². The van der Waals surface area contributed by atoms with Gasteiger partial charge in [-0.2, -0.15) is 0 Å². The van der Waals surface area contributed by atoms with Crippen molar-refractivity contribution in [2.24, 2.45) is 5.92 Å². The van der Waals surface area contributed by atoms with Crippen LogP contribution in [-0.2, 0) is 17.8 Å². The highest BCUT2D eigenvalue weighted by Gasteiger charge is 2.36. The van der Waals surface area contributed by atoms with E-state index in [1.807, 2.05) is 36.4 Å². The average molecular weight is 689 g/mol. The van der Waals surface area contributed by atoms with Crippen molar-refractivity contribution in [1.82, 2.24) is 24.8 Å². The molecule has 250 valence electrons. The standard InChI is InChI=1S/C37H39Cl2N5O4/c1-21(45)23-7-6-14-44(17-23)32-13-12-22-15-29(41-37(48-3)33(22)32)27-10-4-8-25(34(27)38)26-9-5-11-28(35(26)39)30-16-40-31(36(42-30)47-2)20-43-18-24(46)19-43/h4-5,8-11,15-16,23-24,32,46H,6-7,12-14,17-20H2,1-3H3/t23-,32?/m1/s1. The number of carbonyl (C=O) groups is 1.